The molecule has 25 heavy (non-hydrogen) atoms. The van der Waals surface area contributed by atoms with Crippen LogP contribution in [-0.2, 0) is 6.18 Å². The van der Waals surface area contributed by atoms with Crippen molar-refractivity contribution in [3.05, 3.63) is 53.3 Å². The van der Waals surface area contributed by atoms with E-state index in [0.29, 0.717) is 16.8 Å². The number of rotatable bonds is 3. The van der Waals surface area contributed by atoms with Crippen molar-refractivity contribution < 1.29 is 17.9 Å². The summed E-state index contributed by atoms with van der Waals surface area (Å²) in [7, 11) is 1.45. The van der Waals surface area contributed by atoms with Gasteiger partial charge in [0.1, 0.15) is 11.6 Å². The number of anilines is 2. The minimum absolute atomic E-state index is 0.105. The second-order valence-corrected chi connectivity index (χ2v) is 5.72. The number of aromatic nitrogens is 2. The summed E-state index contributed by atoms with van der Waals surface area (Å²) in [6, 6.07) is 10.5. The first-order chi connectivity index (χ1) is 11.8. The topological polar surface area (TPSA) is 47.0 Å². The van der Waals surface area contributed by atoms with Crippen LogP contribution in [0.3, 0.4) is 0 Å². The number of aryl methyl sites for hydroxylation is 2. The van der Waals surface area contributed by atoms with E-state index in [-0.39, 0.29) is 11.3 Å². The highest BCUT2D eigenvalue weighted by Gasteiger charge is 2.35. The van der Waals surface area contributed by atoms with E-state index in [1.165, 1.54) is 13.2 Å². The first-order valence-electron chi connectivity index (χ1n) is 7.55. The number of fused-ring (bicyclic) bond motifs is 1. The number of hydrogen-bond acceptors (Lipinski definition) is 4. The Morgan fingerprint density at radius 1 is 1.00 bits per heavy atom. The quantitative estimate of drug-likeness (QED) is 0.723. The zero-order chi connectivity index (χ0) is 18.2. The van der Waals surface area contributed by atoms with Gasteiger partial charge in [-0.1, -0.05) is 12.1 Å². The molecule has 0 saturated carbocycles. The summed E-state index contributed by atoms with van der Waals surface area (Å²) in [5, 5.41) is 3.50. The number of methoxy groups -OCH3 is 1. The second kappa shape index (κ2) is 6.23. The van der Waals surface area contributed by atoms with Crippen LogP contribution in [0.5, 0.6) is 5.75 Å². The minimum atomic E-state index is -4.64. The van der Waals surface area contributed by atoms with Crippen molar-refractivity contribution in [1.29, 1.82) is 0 Å². The van der Waals surface area contributed by atoms with Gasteiger partial charge in [0.15, 0.2) is 0 Å². The highest BCUT2D eigenvalue weighted by atomic mass is 19.4. The normalized spacial score (nSPS) is 11.6. The van der Waals surface area contributed by atoms with Gasteiger partial charge in [-0.2, -0.15) is 13.2 Å². The molecule has 7 heteroatoms. The summed E-state index contributed by atoms with van der Waals surface area (Å²) in [5.41, 5.74) is 2.75. The van der Waals surface area contributed by atoms with Crippen molar-refractivity contribution >= 4 is 22.4 Å². The van der Waals surface area contributed by atoms with Crippen LogP contribution < -0.4 is 10.1 Å². The molecular weight excluding hydrogens is 331 g/mol. The summed E-state index contributed by atoms with van der Waals surface area (Å²) >= 11 is 0. The maximum Gasteiger partial charge on any atom is 0.451 e. The predicted octanol–water partition coefficient (Wildman–Crippen LogP) is 5.02. The highest BCUT2D eigenvalue weighted by molar-refractivity contribution is 5.92. The lowest BCUT2D eigenvalue weighted by Gasteiger charge is -2.14. The maximum absolute atomic E-state index is 13.2. The first kappa shape index (κ1) is 17.0. The average Bonchev–Trinajstić information content (AvgIpc) is 2.56. The van der Waals surface area contributed by atoms with E-state index in [1.807, 2.05) is 32.0 Å². The molecule has 0 radical (unpaired) electrons. The molecule has 0 aliphatic rings. The molecule has 0 aliphatic carbocycles. The van der Waals surface area contributed by atoms with Gasteiger partial charge in [-0.05, 0) is 43.2 Å². The van der Waals surface area contributed by atoms with Gasteiger partial charge in [0, 0.05) is 17.1 Å². The molecule has 4 nitrogen and oxygen atoms in total. The third-order valence-corrected chi connectivity index (χ3v) is 3.80. The smallest absolute Gasteiger partial charge is 0.451 e. The largest absolute Gasteiger partial charge is 0.497 e. The van der Waals surface area contributed by atoms with E-state index in [2.05, 4.69) is 15.3 Å². The van der Waals surface area contributed by atoms with Gasteiger partial charge in [-0.3, -0.25) is 0 Å². The van der Waals surface area contributed by atoms with Gasteiger partial charge >= 0.3 is 6.18 Å². The summed E-state index contributed by atoms with van der Waals surface area (Å²) in [4.78, 5) is 7.35. The molecule has 3 aromatic rings. The Hall–Kier alpha value is -2.83. The van der Waals surface area contributed by atoms with E-state index in [0.717, 1.165) is 11.1 Å². The van der Waals surface area contributed by atoms with Gasteiger partial charge < -0.3 is 10.1 Å². The highest BCUT2D eigenvalue weighted by Crippen LogP contribution is 2.33. The van der Waals surface area contributed by atoms with Gasteiger partial charge in [-0.15, -0.1) is 0 Å². The van der Waals surface area contributed by atoms with Crippen LogP contribution in [0, 0.1) is 13.8 Å². The molecule has 0 fully saturated rings. The summed E-state index contributed by atoms with van der Waals surface area (Å²) in [6.45, 7) is 3.79. The molecule has 0 unspecified atom stereocenters. The Morgan fingerprint density at radius 3 is 2.44 bits per heavy atom. The van der Waals surface area contributed by atoms with Gasteiger partial charge in [0.05, 0.1) is 12.6 Å². The third kappa shape index (κ3) is 3.50. The summed E-state index contributed by atoms with van der Waals surface area (Å²) in [5.74, 6) is -0.660. The van der Waals surface area contributed by atoms with Crippen LogP contribution >= 0.6 is 0 Å². The minimum Gasteiger partial charge on any atom is -0.497 e. The Labute approximate surface area is 142 Å². The Bertz CT molecular complexity index is 939. The van der Waals surface area contributed by atoms with Crippen molar-refractivity contribution in [3.63, 3.8) is 0 Å². The fourth-order valence-corrected chi connectivity index (χ4v) is 2.46. The van der Waals surface area contributed by atoms with Crippen molar-refractivity contribution in [1.82, 2.24) is 9.97 Å². The van der Waals surface area contributed by atoms with Crippen LogP contribution in [0.2, 0.25) is 0 Å². The summed E-state index contributed by atoms with van der Waals surface area (Å²) < 4.78 is 44.6. The predicted molar refractivity (Wildman–Crippen MR) is 90.3 cm³/mol. The van der Waals surface area contributed by atoms with E-state index < -0.39 is 12.0 Å². The van der Waals surface area contributed by atoms with E-state index >= 15 is 0 Å². The Kier molecular flexibility index (Phi) is 4.24. The molecule has 0 saturated heterocycles. The maximum atomic E-state index is 13.2. The summed E-state index contributed by atoms with van der Waals surface area (Å²) in [6.07, 6.45) is -4.64. The number of nitrogens with one attached hydrogen (secondary N) is 1. The van der Waals surface area contributed by atoms with Crippen molar-refractivity contribution in [2.75, 3.05) is 12.4 Å². The first-order valence-corrected chi connectivity index (χ1v) is 7.55. The second-order valence-electron chi connectivity index (χ2n) is 5.72. The molecule has 0 atom stereocenters. The van der Waals surface area contributed by atoms with Crippen molar-refractivity contribution in [3.8, 4) is 5.75 Å². The molecule has 1 heterocycles. The molecule has 0 aliphatic heterocycles. The zero-order valence-corrected chi connectivity index (χ0v) is 13.9. The molecule has 0 spiro atoms. The molecular formula is C18H16F3N3O. The number of ether oxygens (including phenoxy) is 1. The van der Waals surface area contributed by atoms with Gasteiger partial charge in [-0.25, -0.2) is 9.97 Å². The fraction of sp³-hybridized carbons (Fsp3) is 0.222. The molecule has 0 bridgehead atoms. The number of halogens is 3. The van der Waals surface area contributed by atoms with Crippen molar-refractivity contribution in [2.45, 2.75) is 20.0 Å². The van der Waals surface area contributed by atoms with Crippen molar-refractivity contribution in [2.24, 2.45) is 0 Å². The Balaban J connectivity index is 2.19. The van der Waals surface area contributed by atoms with Crippen LogP contribution in [0.1, 0.15) is 17.0 Å². The van der Waals surface area contributed by atoms with Crippen LogP contribution in [0.4, 0.5) is 24.7 Å². The molecule has 1 aromatic heterocycles. The molecule has 130 valence electrons. The number of alkyl halides is 3. The monoisotopic (exact) mass is 347 g/mol. The number of benzene rings is 2. The lowest BCUT2D eigenvalue weighted by Crippen LogP contribution is -2.13. The standard InChI is InChI=1S/C18H16F3N3O/c1-10-4-5-11(2)14(8-10)22-16-13-7-6-12(25-3)9-15(13)23-17(24-16)18(19,20)21/h4-9H,1-3H3,(H,22,23,24). The Morgan fingerprint density at radius 2 is 1.76 bits per heavy atom. The van der Waals surface area contributed by atoms with Crippen LogP contribution in [0.15, 0.2) is 36.4 Å². The van der Waals surface area contributed by atoms with Crippen LogP contribution in [0.25, 0.3) is 10.9 Å². The van der Waals surface area contributed by atoms with Gasteiger partial charge in [0.25, 0.3) is 0 Å². The fourth-order valence-electron chi connectivity index (χ4n) is 2.46. The lowest BCUT2D eigenvalue weighted by molar-refractivity contribution is -0.144. The third-order valence-electron chi connectivity index (χ3n) is 3.80. The lowest BCUT2D eigenvalue weighted by atomic mass is 10.1. The molecule has 3 rings (SSSR count). The number of nitrogens with zero attached hydrogens (tertiary/aromatic N) is 2. The van der Waals surface area contributed by atoms with E-state index in [1.54, 1.807) is 12.1 Å². The van der Waals surface area contributed by atoms with Crippen LogP contribution in [-0.4, -0.2) is 17.1 Å². The molecule has 2 aromatic carbocycles. The SMILES string of the molecule is COc1ccc2c(Nc3cc(C)ccc3C)nc(C(F)(F)F)nc2c1. The average molecular weight is 347 g/mol. The van der Waals surface area contributed by atoms with Gasteiger partial charge in [0.2, 0.25) is 5.82 Å². The van der Waals surface area contributed by atoms with E-state index in [4.69, 9.17) is 4.74 Å². The molecule has 1 N–H and O–H groups in total. The van der Waals surface area contributed by atoms with E-state index in [9.17, 15) is 13.2 Å². The zero-order valence-electron chi connectivity index (χ0n) is 13.9. The number of hydrogen-bond donors (Lipinski definition) is 1. The molecule has 0 amide bonds.